The zero-order chi connectivity index (χ0) is 18.8. The van der Waals surface area contributed by atoms with Crippen molar-refractivity contribution in [3.63, 3.8) is 0 Å². The van der Waals surface area contributed by atoms with E-state index in [2.05, 4.69) is 45.4 Å². The van der Waals surface area contributed by atoms with Gasteiger partial charge in [0.05, 0.1) is 24.8 Å². The number of hydrogen-bond donors (Lipinski definition) is 0. The van der Waals surface area contributed by atoms with E-state index in [0.29, 0.717) is 36.7 Å². The third kappa shape index (κ3) is 4.56. The van der Waals surface area contributed by atoms with Crippen molar-refractivity contribution in [2.45, 2.75) is 63.8 Å². The van der Waals surface area contributed by atoms with Crippen LogP contribution in [-0.4, -0.2) is 78.1 Å². The summed E-state index contributed by atoms with van der Waals surface area (Å²) in [4.78, 5) is 20.2. The molecule has 0 radical (unpaired) electrons. The van der Waals surface area contributed by atoms with Crippen molar-refractivity contribution in [3.8, 4) is 0 Å². The highest BCUT2D eigenvalue weighted by atomic mass is 32.1. The minimum Gasteiger partial charge on any atom is -0.373 e. The van der Waals surface area contributed by atoms with Gasteiger partial charge in [0, 0.05) is 32.2 Å². The lowest BCUT2D eigenvalue weighted by Crippen LogP contribution is -2.51. The lowest BCUT2D eigenvalue weighted by atomic mass is 10.1. The lowest BCUT2D eigenvalue weighted by molar-refractivity contribution is -0.133. The van der Waals surface area contributed by atoms with Gasteiger partial charge in [-0.15, -0.1) is 0 Å². The van der Waals surface area contributed by atoms with Crippen molar-refractivity contribution in [2.24, 2.45) is 0 Å². The largest absolute Gasteiger partial charge is 0.373 e. The van der Waals surface area contributed by atoms with Gasteiger partial charge < -0.3 is 9.64 Å². The Morgan fingerprint density at radius 2 is 1.96 bits per heavy atom. The highest BCUT2D eigenvalue weighted by Crippen LogP contribution is 2.33. The van der Waals surface area contributed by atoms with Crippen LogP contribution in [0.25, 0.3) is 0 Å². The molecule has 4 atom stereocenters. The standard InChI is InChI=1S/C21H33N3O2S/c1-16-11-22(12-17(2)26-16)13-19-5-3-8-23(19)14-21(25)24-9-4-6-20(24)18-7-10-27-15-18/h7,10,15-17,19-20H,3-6,8-9,11-14H2,1-2H3. The molecule has 1 amide bonds. The molecule has 4 unspecified atom stereocenters. The van der Waals surface area contributed by atoms with Crippen LogP contribution in [0.2, 0.25) is 0 Å². The summed E-state index contributed by atoms with van der Waals surface area (Å²) in [6.45, 7) is 9.97. The van der Waals surface area contributed by atoms with Crippen LogP contribution in [0.5, 0.6) is 0 Å². The first kappa shape index (κ1) is 19.4. The van der Waals surface area contributed by atoms with Crippen LogP contribution in [0.4, 0.5) is 0 Å². The maximum atomic E-state index is 13.1. The van der Waals surface area contributed by atoms with Gasteiger partial charge in [0.15, 0.2) is 0 Å². The van der Waals surface area contributed by atoms with Crippen LogP contribution in [0.15, 0.2) is 16.8 Å². The van der Waals surface area contributed by atoms with Gasteiger partial charge in [-0.25, -0.2) is 0 Å². The predicted molar refractivity (Wildman–Crippen MR) is 109 cm³/mol. The molecule has 3 aliphatic heterocycles. The first-order valence-corrected chi connectivity index (χ1v) is 11.5. The number of carbonyl (C=O) groups excluding carboxylic acids is 1. The van der Waals surface area contributed by atoms with E-state index in [0.717, 1.165) is 45.6 Å². The number of likely N-dealkylation sites (tertiary alicyclic amines) is 2. The molecule has 1 aromatic heterocycles. The van der Waals surface area contributed by atoms with Crippen molar-refractivity contribution in [1.82, 2.24) is 14.7 Å². The number of morpholine rings is 1. The number of carbonyl (C=O) groups is 1. The summed E-state index contributed by atoms with van der Waals surface area (Å²) < 4.78 is 5.87. The summed E-state index contributed by atoms with van der Waals surface area (Å²) >= 11 is 1.73. The van der Waals surface area contributed by atoms with Crippen LogP contribution < -0.4 is 0 Å². The number of thiophene rings is 1. The molecule has 0 aromatic carbocycles. The van der Waals surface area contributed by atoms with Crippen LogP contribution in [0, 0.1) is 0 Å². The third-order valence-electron chi connectivity index (χ3n) is 6.30. The van der Waals surface area contributed by atoms with Gasteiger partial charge in [0.1, 0.15) is 0 Å². The number of nitrogens with zero attached hydrogens (tertiary/aromatic N) is 3. The fraction of sp³-hybridized carbons (Fsp3) is 0.762. The van der Waals surface area contributed by atoms with Crippen molar-refractivity contribution >= 4 is 17.2 Å². The smallest absolute Gasteiger partial charge is 0.237 e. The van der Waals surface area contributed by atoms with Gasteiger partial charge in [0.2, 0.25) is 5.91 Å². The zero-order valence-electron chi connectivity index (χ0n) is 16.7. The predicted octanol–water partition coefficient (Wildman–Crippen LogP) is 2.99. The van der Waals surface area contributed by atoms with Gasteiger partial charge in [-0.05, 0) is 68.5 Å². The maximum Gasteiger partial charge on any atom is 0.237 e. The van der Waals surface area contributed by atoms with E-state index in [9.17, 15) is 4.79 Å². The topological polar surface area (TPSA) is 36.0 Å². The SMILES string of the molecule is CC1CN(CC2CCCN2CC(=O)N2CCCC2c2ccsc2)CC(C)O1. The Kier molecular flexibility index (Phi) is 6.17. The van der Waals surface area contributed by atoms with Crippen molar-refractivity contribution in [1.29, 1.82) is 0 Å². The molecule has 150 valence electrons. The first-order valence-electron chi connectivity index (χ1n) is 10.5. The Bertz CT molecular complexity index is 613. The summed E-state index contributed by atoms with van der Waals surface area (Å²) in [5.41, 5.74) is 1.32. The van der Waals surface area contributed by atoms with E-state index < -0.39 is 0 Å². The molecule has 0 N–H and O–H groups in total. The highest BCUT2D eigenvalue weighted by Gasteiger charge is 2.35. The molecule has 4 rings (SSSR count). The fourth-order valence-electron chi connectivity index (χ4n) is 5.18. The average Bonchev–Trinajstić information content (AvgIpc) is 3.35. The van der Waals surface area contributed by atoms with E-state index >= 15 is 0 Å². The Labute approximate surface area is 167 Å². The summed E-state index contributed by atoms with van der Waals surface area (Å²) in [6, 6.07) is 2.99. The quantitative estimate of drug-likeness (QED) is 0.773. The third-order valence-corrected chi connectivity index (χ3v) is 7.00. The molecule has 4 heterocycles. The molecular formula is C21H33N3O2S. The maximum absolute atomic E-state index is 13.1. The van der Waals surface area contributed by atoms with Gasteiger partial charge in [-0.2, -0.15) is 11.3 Å². The van der Waals surface area contributed by atoms with Crippen molar-refractivity contribution in [2.75, 3.05) is 39.3 Å². The van der Waals surface area contributed by atoms with Gasteiger partial charge in [-0.3, -0.25) is 14.6 Å². The second kappa shape index (κ2) is 8.60. The summed E-state index contributed by atoms with van der Waals surface area (Å²) in [5, 5.41) is 4.33. The van der Waals surface area contributed by atoms with E-state index in [1.54, 1.807) is 11.3 Å². The Balaban J connectivity index is 1.34. The number of amides is 1. The lowest BCUT2D eigenvalue weighted by Gasteiger charge is -2.38. The fourth-order valence-corrected chi connectivity index (χ4v) is 5.89. The average molecular weight is 392 g/mol. The molecule has 1 aromatic rings. The van der Waals surface area contributed by atoms with Gasteiger partial charge in [-0.1, -0.05) is 0 Å². The highest BCUT2D eigenvalue weighted by molar-refractivity contribution is 7.07. The summed E-state index contributed by atoms with van der Waals surface area (Å²) in [7, 11) is 0. The molecule has 3 saturated heterocycles. The molecule has 3 fully saturated rings. The van der Waals surface area contributed by atoms with Gasteiger partial charge >= 0.3 is 0 Å². The normalized spacial score (nSPS) is 33.0. The Morgan fingerprint density at radius 3 is 2.70 bits per heavy atom. The van der Waals surface area contributed by atoms with Crippen LogP contribution in [0.1, 0.15) is 51.1 Å². The van der Waals surface area contributed by atoms with Crippen molar-refractivity contribution in [3.05, 3.63) is 22.4 Å². The zero-order valence-corrected chi connectivity index (χ0v) is 17.5. The van der Waals surface area contributed by atoms with E-state index in [4.69, 9.17) is 4.74 Å². The molecule has 27 heavy (non-hydrogen) atoms. The molecule has 6 heteroatoms. The molecule has 0 spiro atoms. The Hall–Kier alpha value is -0.950. The molecule has 0 aliphatic carbocycles. The monoisotopic (exact) mass is 391 g/mol. The number of rotatable bonds is 5. The van der Waals surface area contributed by atoms with E-state index in [1.807, 2.05) is 0 Å². The van der Waals surface area contributed by atoms with Crippen LogP contribution in [-0.2, 0) is 9.53 Å². The second-order valence-electron chi connectivity index (χ2n) is 8.54. The van der Waals surface area contributed by atoms with E-state index in [-0.39, 0.29) is 0 Å². The summed E-state index contributed by atoms with van der Waals surface area (Å²) in [6.07, 6.45) is 5.26. The second-order valence-corrected chi connectivity index (χ2v) is 9.32. The Morgan fingerprint density at radius 1 is 1.19 bits per heavy atom. The molecular weight excluding hydrogens is 358 g/mol. The molecule has 0 bridgehead atoms. The number of hydrogen-bond acceptors (Lipinski definition) is 5. The minimum absolute atomic E-state index is 0.297. The number of ether oxygens (including phenoxy) is 1. The molecule has 5 nitrogen and oxygen atoms in total. The van der Waals surface area contributed by atoms with Crippen LogP contribution in [0.3, 0.4) is 0 Å². The van der Waals surface area contributed by atoms with Gasteiger partial charge in [0.25, 0.3) is 0 Å². The minimum atomic E-state index is 0.297. The van der Waals surface area contributed by atoms with E-state index in [1.165, 1.54) is 18.4 Å². The molecule has 0 saturated carbocycles. The summed E-state index contributed by atoms with van der Waals surface area (Å²) in [5.74, 6) is 0.319. The van der Waals surface area contributed by atoms with Crippen molar-refractivity contribution < 1.29 is 9.53 Å². The van der Waals surface area contributed by atoms with Crippen LogP contribution >= 0.6 is 11.3 Å². The first-order chi connectivity index (χ1) is 13.1. The molecule has 3 aliphatic rings.